The van der Waals surface area contributed by atoms with Gasteiger partial charge in [-0.1, -0.05) is 54.6 Å². The summed E-state index contributed by atoms with van der Waals surface area (Å²) >= 11 is 0. The Kier molecular flexibility index (Phi) is 6.60. The van der Waals surface area contributed by atoms with Crippen LogP contribution in [0.4, 0.5) is 5.95 Å². The van der Waals surface area contributed by atoms with Gasteiger partial charge < -0.3 is 14.5 Å². The van der Waals surface area contributed by atoms with Gasteiger partial charge in [0, 0.05) is 38.0 Å². The summed E-state index contributed by atoms with van der Waals surface area (Å²) < 4.78 is 7.34. The van der Waals surface area contributed by atoms with Crippen LogP contribution in [0.5, 0.6) is 5.75 Å². The molecule has 1 amide bonds. The van der Waals surface area contributed by atoms with Gasteiger partial charge in [-0.25, -0.2) is 9.38 Å². The first-order valence-corrected chi connectivity index (χ1v) is 13.0. The number of rotatable bonds is 6. The SMILES string of the molecule is COc1ccc(CC(=O)N2CCCN(c3nc4ccccc4c4nnc(Cc5ccccc5)n34)CC2)cc1. The maximum atomic E-state index is 13.2. The highest BCUT2D eigenvalue weighted by atomic mass is 16.5. The van der Waals surface area contributed by atoms with Gasteiger partial charge in [0.1, 0.15) is 11.6 Å². The number of carbonyl (C=O) groups is 1. The smallest absolute Gasteiger partial charge is 0.227 e. The van der Waals surface area contributed by atoms with E-state index in [-0.39, 0.29) is 5.91 Å². The Labute approximate surface area is 221 Å². The minimum atomic E-state index is 0.141. The molecule has 8 nitrogen and oxygen atoms in total. The van der Waals surface area contributed by atoms with Gasteiger partial charge in [-0.3, -0.25) is 4.79 Å². The van der Waals surface area contributed by atoms with Gasteiger partial charge in [-0.05, 0) is 41.8 Å². The maximum Gasteiger partial charge on any atom is 0.227 e. The minimum Gasteiger partial charge on any atom is -0.497 e. The van der Waals surface area contributed by atoms with Gasteiger partial charge >= 0.3 is 0 Å². The van der Waals surface area contributed by atoms with E-state index in [1.165, 1.54) is 5.56 Å². The number of ether oxygens (including phenoxy) is 1. The van der Waals surface area contributed by atoms with Crippen LogP contribution in [-0.2, 0) is 17.6 Å². The minimum absolute atomic E-state index is 0.141. The molecule has 1 aliphatic rings. The molecule has 0 radical (unpaired) electrons. The maximum absolute atomic E-state index is 13.2. The van der Waals surface area contributed by atoms with Gasteiger partial charge in [0.25, 0.3) is 0 Å². The third-order valence-corrected chi connectivity index (χ3v) is 7.15. The van der Waals surface area contributed by atoms with Crippen LogP contribution in [0.15, 0.2) is 78.9 Å². The van der Waals surface area contributed by atoms with Crippen molar-refractivity contribution >= 4 is 28.4 Å². The molecule has 1 saturated heterocycles. The van der Waals surface area contributed by atoms with Crippen LogP contribution >= 0.6 is 0 Å². The average molecular weight is 507 g/mol. The molecule has 5 aromatic rings. The van der Waals surface area contributed by atoms with Gasteiger partial charge in [-0.15, -0.1) is 10.2 Å². The molecule has 0 bridgehead atoms. The molecule has 3 aromatic carbocycles. The Balaban J connectivity index is 1.28. The molecule has 6 rings (SSSR count). The number of nitrogens with zero attached hydrogens (tertiary/aromatic N) is 6. The Morgan fingerprint density at radius 2 is 1.63 bits per heavy atom. The highest BCUT2D eigenvalue weighted by molar-refractivity contribution is 5.92. The molecular weight excluding hydrogens is 476 g/mol. The van der Waals surface area contributed by atoms with E-state index in [0.29, 0.717) is 25.9 Å². The van der Waals surface area contributed by atoms with Crippen molar-refractivity contribution in [1.82, 2.24) is 24.5 Å². The Morgan fingerprint density at radius 1 is 0.842 bits per heavy atom. The van der Waals surface area contributed by atoms with E-state index in [1.54, 1.807) is 7.11 Å². The molecule has 38 heavy (non-hydrogen) atoms. The Morgan fingerprint density at radius 3 is 2.45 bits per heavy atom. The lowest BCUT2D eigenvalue weighted by Crippen LogP contribution is -2.36. The summed E-state index contributed by atoms with van der Waals surface area (Å²) in [4.78, 5) is 22.5. The first-order chi connectivity index (χ1) is 18.7. The van der Waals surface area contributed by atoms with Gasteiger partial charge in [0.2, 0.25) is 11.9 Å². The molecule has 1 aliphatic heterocycles. The fraction of sp³-hybridized carbons (Fsp3) is 0.267. The quantitative estimate of drug-likeness (QED) is 0.344. The molecule has 1 fully saturated rings. The first-order valence-electron chi connectivity index (χ1n) is 13.0. The van der Waals surface area contributed by atoms with Crippen LogP contribution in [0.2, 0.25) is 0 Å². The molecule has 0 N–H and O–H groups in total. The van der Waals surface area contributed by atoms with E-state index in [1.807, 2.05) is 71.6 Å². The first kappa shape index (κ1) is 23.9. The molecule has 0 spiro atoms. The molecular formula is C30H30N6O2. The van der Waals surface area contributed by atoms with Crippen LogP contribution in [0.3, 0.4) is 0 Å². The van der Waals surface area contributed by atoms with Crippen molar-refractivity contribution in [1.29, 1.82) is 0 Å². The average Bonchev–Trinajstić information content (AvgIpc) is 3.21. The van der Waals surface area contributed by atoms with Gasteiger partial charge in [0.15, 0.2) is 5.65 Å². The third kappa shape index (κ3) is 4.77. The number of fused-ring (bicyclic) bond motifs is 3. The van der Waals surface area contributed by atoms with Crippen LogP contribution in [0.25, 0.3) is 16.6 Å². The summed E-state index contributed by atoms with van der Waals surface area (Å²) in [6.45, 7) is 2.86. The number of carbonyl (C=O) groups excluding carboxylic acids is 1. The van der Waals surface area contributed by atoms with Crippen molar-refractivity contribution in [2.75, 3.05) is 38.2 Å². The summed E-state index contributed by atoms with van der Waals surface area (Å²) in [7, 11) is 1.64. The van der Waals surface area contributed by atoms with Crippen molar-refractivity contribution in [3.05, 3.63) is 95.8 Å². The summed E-state index contributed by atoms with van der Waals surface area (Å²) in [5.74, 6) is 2.62. The highest BCUT2D eigenvalue weighted by Crippen LogP contribution is 2.26. The predicted octanol–water partition coefficient (Wildman–Crippen LogP) is 4.16. The summed E-state index contributed by atoms with van der Waals surface area (Å²) in [5.41, 5.74) is 3.87. The van der Waals surface area contributed by atoms with E-state index in [0.717, 1.165) is 59.1 Å². The van der Waals surface area contributed by atoms with E-state index in [4.69, 9.17) is 9.72 Å². The monoisotopic (exact) mass is 506 g/mol. The summed E-state index contributed by atoms with van der Waals surface area (Å²) in [6.07, 6.45) is 1.91. The number of hydrogen-bond acceptors (Lipinski definition) is 6. The molecule has 0 saturated carbocycles. The second kappa shape index (κ2) is 10.5. The third-order valence-electron chi connectivity index (χ3n) is 7.15. The van der Waals surface area contributed by atoms with Crippen LogP contribution in [0.1, 0.15) is 23.4 Å². The number of para-hydroxylation sites is 1. The van der Waals surface area contributed by atoms with E-state index < -0.39 is 0 Å². The zero-order valence-electron chi connectivity index (χ0n) is 21.5. The molecule has 0 atom stereocenters. The van der Waals surface area contributed by atoms with Gasteiger partial charge in [0.05, 0.1) is 19.0 Å². The molecule has 192 valence electrons. The molecule has 3 heterocycles. The molecule has 0 unspecified atom stereocenters. The fourth-order valence-corrected chi connectivity index (χ4v) is 5.12. The second-order valence-electron chi connectivity index (χ2n) is 9.61. The number of methoxy groups -OCH3 is 1. The second-order valence-corrected chi connectivity index (χ2v) is 9.61. The van der Waals surface area contributed by atoms with Gasteiger partial charge in [-0.2, -0.15) is 0 Å². The topological polar surface area (TPSA) is 75.9 Å². The van der Waals surface area contributed by atoms with Crippen LogP contribution in [0, 0.1) is 0 Å². The van der Waals surface area contributed by atoms with Crippen LogP contribution < -0.4 is 9.64 Å². The lowest BCUT2D eigenvalue weighted by atomic mass is 10.1. The number of benzene rings is 3. The number of hydrogen-bond donors (Lipinski definition) is 0. The lowest BCUT2D eigenvalue weighted by Gasteiger charge is -2.24. The molecule has 2 aromatic heterocycles. The fourth-order valence-electron chi connectivity index (χ4n) is 5.12. The van der Waals surface area contributed by atoms with E-state index in [2.05, 4.69) is 31.6 Å². The molecule has 0 aliphatic carbocycles. The van der Waals surface area contributed by atoms with Crippen molar-refractivity contribution in [3.63, 3.8) is 0 Å². The normalized spacial score (nSPS) is 14.1. The highest BCUT2D eigenvalue weighted by Gasteiger charge is 2.24. The molecule has 8 heteroatoms. The summed E-state index contributed by atoms with van der Waals surface area (Å²) in [6, 6.07) is 26.1. The number of aromatic nitrogens is 4. The van der Waals surface area contributed by atoms with Crippen molar-refractivity contribution in [3.8, 4) is 5.75 Å². The van der Waals surface area contributed by atoms with E-state index >= 15 is 0 Å². The standard InChI is InChI=1S/C30H30N6O2/c1-38-24-14-12-23(13-15-24)21-28(37)34-16-7-17-35(19-18-34)30-31-26-11-6-5-10-25(26)29-33-32-27(36(29)30)20-22-8-3-2-4-9-22/h2-6,8-15H,7,16-21H2,1H3. The summed E-state index contributed by atoms with van der Waals surface area (Å²) in [5, 5.41) is 10.2. The Bertz CT molecular complexity index is 1570. The van der Waals surface area contributed by atoms with Crippen molar-refractivity contribution < 1.29 is 9.53 Å². The zero-order chi connectivity index (χ0) is 25.9. The van der Waals surface area contributed by atoms with Crippen molar-refractivity contribution in [2.24, 2.45) is 0 Å². The van der Waals surface area contributed by atoms with E-state index in [9.17, 15) is 4.79 Å². The zero-order valence-corrected chi connectivity index (χ0v) is 21.5. The number of amides is 1. The van der Waals surface area contributed by atoms with Crippen LogP contribution in [-0.4, -0.2) is 63.7 Å². The lowest BCUT2D eigenvalue weighted by molar-refractivity contribution is -0.130. The van der Waals surface area contributed by atoms with Crippen molar-refractivity contribution in [2.45, 2.75) is 19.3 Å². The predicted molar refractivity (Wildman–Crippen MR) is 148 cm³/mol. The number of anilines is 1. The Hall–Kier alpha value is -4.46. The largest absolute Gasteiger partial charge is 0.497 e.